The van der Waals surface area contributed by atoms with Gasteiger partial charge < -0.3 is 9.88 Å². The zero-order valence-corrected chi connectivity index (χ0v) is 13.6. The molecule has 0 aliphatic rings. The lowest BCUT2D eigenvalue weighted by atomic mass is 10.1. The molecule has 3 rings (SSSR count). The summed E-state index contributed by atoms with van der Waals surface area (Å²) in [5, 5.41) is 3.05. The van der Waals surface area contributed by atoms with Crippen molar-refractivity contribution < 1.29 is 4.79 Å². The van der Waals surface area contributed by atoms with Crippen LogP contribution in [0.3, 0.4) is 0 Å². The topological polar surface area (TPSA) is 59.8 Å². The van der Waals surface area contributed by atoms with E-state index < -0.39 is 0 Å². The number of carbonyl (C=O) groups excluding carboxylic acids is 1. The molecule has 0 fully saturated rings. The van der Waals surface area contributed by atoms with E-state index in [1.807, 2.05) is 54.1 Å². The molecular formula is C19H20N4O. The highest BCUT2D eigenvalue weighted by Gasteiger charge is 2.10. The summed E-state index contributed by atoms with van der Waals surface area (Å²) >= 11 is 0. The van der Waals surface area contributed by atoms with Gasteiger partial charge in [0.1, 0.15) is 0 Å². The molecule has 24 heavy (non-hydrogen) atoms. The van der Waals surface area contributed by atoms with Crippen LogP contribution in [0.25, 0.3) is 5.69 Å². The number of carbonyl (C=O) groups is 1. The largest absolute Gasteiger partial charge is 0.350 e. The van der Waals surface area contributed by atoms with Crippen molar-refractivity contribution in [1.29, 1.82) is 0 Å². The number of nitrogens with one attached hydrogen (secondary N) is 1. The van der Waals surface area contributed by atoms with E-state index >= 15 is 0 Å². The first kappa shape index (κ1) is 15.9. The zero-order chi connectivity index (χ0) is 16.8. The molecule has 1 N–H and O–H groups in total. The van der Waals surface area contributed by atoms with Crippen molar-refractivity contribution in [2.24, 2.45) is 0 Å². The van der Waals surface area contributed by atoms with Gasteiger partial charge in [0.15, 0.2) is 0 Å². The molecule has 0 saturated heterocycles. The number of hydrogen-bond acceptors (Lipinski definition) is 3. The Hall–Kier alpha value is -2.95. The first-order valence-corrected chi connectivity index (χ1v) is 8.00. The number of benzene rings is 1. The predicted molar refractivity (Wildman–Crippen MR) is 92.7 cm³/mol. The normalized spacial score (nSPS) is 11.9. The molecule has 1 atom stereocenters. The van der Waals surface area contributed by atoms with Gasteiger partial charge in [-0.25, -0.2) is 4.98 Å². The van der Waals surface area contributed by atoms with E-state index in [4.69, 9.17) is 0 Å². The highest BCUT2D eigenvalue weighted by molar-refractivity contribution is 5.76. The third kappa shape index (κ3) is 4.07. The maximum absolute atomic E-state index is 12.2. The first-order chi connectivity index (χ1) is 11.7. The maximum atomic E-state index is 12.2. The molecule has 1 unspecified atom stereocenters. The Balaban J connectivity index is 1.59. The second kappa shape index (κ2) is 7.55. The van der Waals surface area contributed by atoms with E-state index in [1.165, 1.54) is 0 Å². The predicted octanol–water partition coefficient (Wildman–Crippen LogP) is 3.08. The van der Waals surface area contributed by atoms with E-state index in [1.54, 1.807) is 18.7 Å². The van der Waals surface area contributed by atoms with Crippen LogP contribution in [-0.4, -0.2) is 20.4 Å². The Labute approximate surface area is 141 Å². The van der Waals surface area contributed by atoms with Gasteiger partial charge in [-0.1, -0.05) is 18.2 Å². The van der Waals surface area contributed by atoms with Gasteiger partial charge >= 0.3 is 0 Å². The van der Waals surface area contributed by atoms with Crippen molar-refractivity contribution in [3.05, 3.63) is 78.6 Å². The molecule has 122 valence electrons. The Morgan fingerprint density at radius 3 is 2.88 bits per heavy atom. The Morgan fingerprint density at radius 1 is 1.21 bits per heavy atom. The van der Waals surface area contributed by atoms with Crippen molar-refractivity contribution in [3.63, 3.8) is 0 Å². The smallest absolute Gasteiger partial charge is 0.220 e. The van der Waals surface area contributed by atoms with Crippen LogP contribution in [0.2, 0.25) is 0 Å². The fourth-order valence-corrected chi connectivity index (χ4v) is 2.55. The van der Waals surface area contributed by atoms with Gasteiger partial charge in [0.25, 0.3) is 0 Å². The van der Waals surface area contributed by atoms with Gasteiger partial charge in [-0.2, -0.15) is 0 Å². The second-order valence-electron chi connectivity index (χ2n) is 5.68. The SMILES string of the molecule is CC(NC(=O)CCc1ccccn1)c1cccc(-n2ccnc2)c1. The molecule has 0 bridgehead atoms. The standard InChI is InChI=1S/C19H20N4O/c1-15(22-19(24)9-8-17-6-2-3-10-21-17)16-5-4-7-18(13-16)23-12-11-20-14-23/h2-7,10-15H,8-9H2,1H3,(H,22,24). The fraction of sp³-hybridized carbons (Fsp3) is 0.211. The maximum Gasteiger partial charge on any atom is 0.220 e. The molecule has 1 amide bonds. The summed E-state index contributed by atoms with van der Waals surface area (Å²) in [6.07, 6.45) is 8.23. The number of pyridine rings is 1. The molecule has 0 spiro atoms. The van der Waals surface area contributed by atoms with Crippen molar-refractivity contribution in [2.45, 2.75) is 25.8 Å². The minimum atomic E-state index is -0.0512. The van der Waals surface area contributed by atoms with Crippen LogP contribution in [0.15, 0.2) is 67.4 Å². The van der Waals surface area contributed by atoms with Gasteiger partial charge in [-0.15, -0.1) is 0 Å². The van der Waals surface area contributed by atoms with Crippen LogP contribution in [0, 0.1) is 0 Å². The lowest BCUT2D eigenvalue weighted by Gasteiger charge is -2.15. The quantitative estimate of drug-likeness (QED) is 0.759. The number of hydrogen-bond donors (Lipinski definition) is 1. The highest BCUT2D eigenvalue weighted by Crippen LogP contribution is 2.17. The number of aromatic nitrogens is 3. The average molecular weight is 320 g/mol. The van der Waals surface area contributed by atoms with E-state index in [2.05, 4.69) is 21.4 Å². The summed E-state index contributed by atoms with van der Waals surface area (Å²) in [7, 11) is 0. The number of aryl methyl sites for hydroxylation is 1. The number of imidazole rings is 1. The van der Waals surface area contributed by atoms with Crippen molar-refractivity contribution in [1.82, 2.24) is 19.9 Å². The molecule has 1 aromatic carbocycles. The average Bonchev–Trinajstić information content (AvgIpc) is 3.16. The van der Waals surface area contributed by atoms with Gasteiger partial charge in [-0.3, -0.25) is 9.78 Å². The van der Waals surface area contributed by atoms with Gasteiger partial charge in [-0.05, 0) is 43.2 Å². The summed E-state index contributed by atoms with van der Waals surface area (Å²) < 4.78 is 1.94. The molecule has 5 nitrogen and oxygen atoms in total. The summed E-state index contributed by atoms with van der Waals surface area (Å²) in [6.45, 7) is 1.99. The van der Waals surface area contributed by atoms with E-state index in [9.17, 15) is 4.79 Å². The van der Waals surface area contributed by atoms with Crippen LogP contribution >= 0.6 is 0 Å². The Bertz CT molecular complexity index is 784. The summed E-state index contributed by atoms with van der Waals surface area (Å²) in [6, 6.07) is 13.8. The van der Waals surface area contributed by atoms with Crippen molar-refractivity contribution in [2.75, 3.05) is 0 Å². The summed E-state index contributed by atoms with van der Waals surface area (Å²) in [5.41, 5.74) is 3.02. The van der Waals surface area contributed by atoms with Crippen LogP contribution in [-0.2, 0) is 11.2 Å². The van der Waals surface area contributed by atoms with Gasteiger partial charge in [0, 0.05) is 36.4 Å². The Kier molecular flexibility index (Phi) is 5.01. The number of nitrogens with zero attached hydrogens (tertiary/aromatic N) is 3. The molecular weight excluding hydrogens is 300 g/mol. The zero-order valence-electron chi connectivity index (χ0n) is 13.6. The van der Waals surface area contributed by atoms with E-state index in [-0.39, 0.29) is 11.9 Å². The highest BCUT2D eigenvalue weighted by atomic mass is 16.1. The first-order valence-electron chi connectivity index (χ1n) is 8.00. The molecule has 2 aromatic heterocycles. The number of amides is 1. The minimum Gasteiger partial charge on any atom is -0.350 e. The van der Waals surface area contributed by atoms with E-state index in [0.29, 0.717) is 12.8 Å². The molecule has 0 aliphatic carbocycles. The van der Waals surface area contributed by atoms with Crippen LogP contribution < -0.4 is 5.32 Å². The molecule has 5 heteroatoms. The van der Waals surface area contributed by atoms with Crippen molar-refractivity contribution >= 4 is 5.91 Å². The minimum absolute atomic E-state index is 0.0289. The molecule has 3 aromatic rings. The number of rotatable bonds is 6. The Morgan fingerprint density at radius 2 is 2.12 bits per heavy atom. The fourth-order valence-electron chi connectivity index (χ4n) is 2.55. The van der Waals surface area contributed by atoms with Gasteiger partial charge in [0.05, 0.1) is 12.4 Å². The van der Waals surface area contributed by atoms with Crippen molar-refractivity contribution in [3.8, 4) is 5.69 Å². The van der Waals surface area contributed by atoms with Crippen LogP contribution in [0.5, 0.6) is 0 Å². The molecule has 0 saturated carbocycles. The lowest BCUT2D eigenvalue weighted by molar-refractivity contribution is -0.121. The monoisotopic (exact) mass is 320 g/mol. The molecule has 2 heterocycles. The molecule has 0 radical (unpaired) electrons. The van der Waals surface area contributed by atoms with Crippen LogP contribution in [0.4, 0.5) is 0 Å². The summed E-state index contributed by atoms with van der Waals surface area (Å²) in [4.78, 5) is 20.5. The molecule has 0 aliphatic heterocycles. The second-order valence-corrected chi connectivity index (χ2v) is 5.68. The lowest BCUT2D eigenvalue weighted by Crippen LogP contribution is -2.27. The summed E-state index contributed by atoms with van der Waals surface area (Å²) in [5.74, 6) is 0.0289. The van der Waals surface area contributed by atoms with Crippen LogP contribution in [0.1, 0.15) is 30.6 Å². The third-order valence-electron chi connectivity index (χ3n) is 3.88. The third-order valence-corrected chi connectivity index (χ3v) is 3.88. The van der Waals surface area contributed by atoms with Gasteiger partial charge in [0.2, 0.25) is 5.91 Å². The van der Waals surface area contributed by atoms with E-state index in [0.717, 1.165) is 16.9 Å².